The van der Waals surface area contributed by atoms with Gasteiger partial charge in [0.25, 0.3) is 0 Å². The van der Waals surface area contributed by atoms with Gasteiger partial charge in [-0.05, 0) is 11.4 Å². The molecule has 2 aromatic heterocycles. The molecular formula is C12H15N3O2S. The summed E-state index contributed by atoms with van der Waals surface area (Å²) in [6, 6.07) is 3.94. The smallest absolute Gasteiger partial charge is 0.307 e. The van der Waals surface area contributed by atoms with E-state index in [0.29, 0.717) is 13.0 Å². The van der Waals surface area contributed by atoms with Crippen LogP contribution in [0.3, 0.4) is 0 Å². The predicted molar refractivity (Wildman–Crippen MR) is 69.1 cm³/mol. The number of carbonyl (C=O) groups is 1. The minimum absolute atomic E-state index is 0.0393. The molecule has 0 aromatic carbocycles. The molecule has 1 atom stereocenters. The van der Waals surface area contributed by atoms with Crippen LogP contribution >= 0.6 is 11.3 Å². The Balaban J connectivity index is 1.98. The van der Waals surface area contributed by atoms with E-state index in [2.05, 4.69) is 15.3 Å². The molecule has 6 heteroatoms. The van der Waals surface area contributed by atoms with E-state index in [1.807, 2.05) is 17.5 Å². The summed E-state index contributed by atoms with van der Waals surface area (Å²) in [7, 11) is 1.40. The van der Waals surface area contributed by atoms with Gasteiger partial charge in [0.2, 0.25) is 0 Å². The van der Waals surface area contributed by atoms with Crippen LogP contribution < -0.4 is 5.32 Å². The maximum absolute atomic E-state index is 11.4. The highest BCUT2D eigenvalue weighted by molar-refractivity contribution is 7.10. The van der Waals surface area contributed by atoms with Crippen LogP contribution in [0.25, 0.3) is 0 Å². The number of carbonyl (C=O) groups excluding carboxylic acids is 1. The second-order valence-electron chi connectivity index (χ2n) is 3.77. The topological polar surface area (TPSA) is 67.0 Å². The fraction of sp³-hybridized carbons (Fsp3) is 0.333. The van der Waals surface area contributed by atoms with Crippen LogP contribution in [0.15, 0.2) is 29.9 Å². The number of imidazole rings is 1. The number of hydrogen-bond donors (Lipinski definition) is 2. The number of esters is 1. The Kier molecular flexibility index (Phi) is 4.49. The summed E-state index contributed by atoms with van der Waals surface area (Å²) in [4.78, 5) is 19.7. The van der Waals surface area contributed by atoms with Gasteiger partial charge in [-0.2, -0.15) is 0 Å². The molecule has 2 aromatic rings. The number of thiophene rings is 1. The molecule has 2 heterocycles. The number of methoxy groups -OCH3 is 1. The molecule has 0 amide bonds. The number of nitrogens with one attached hydrogen (secondary N) is 2. The molecule has 2 rings (SSSR count). The Labute approximate surface area is 109 Å². The fourth-order valence-electron chi connectivity index (χ4n) is 1.63. The minimum atomic E-state index is -0.222. The Bertz CT molecular complexity index is 467. The Morgan fingerprint density at radius 3 is 3.17 bits per heavy atom. The van der Waals surface area contributed by atoms with E-state index in [0.717, 1.165) is 10.7 Å². The van der Waals surface area contributed by atoms with Gasteiger partial charge in [0, 0.05) is 17.3 Å². The summed E-state index contributed by atoms with van der Waals surface area (Å²) < 4.78 is 4.72. The van der Waals surface area contributed by atoms with Crippen molar-refractivity contribution in [3.63, 3.8) is 0 Å². The summed E-state index contributed by atoms with van der Waals surface area (Å²) in [5, 5.41) is 5.30. The molecule has 0 aliphatic rings. The van der Waals surface area contributed by atoms with E-state index >= 15 is 0 Å². The summed E-state index contributed by atoms with van der Waals surface area (Å²) in [6.45, 7) is 0.590. The number of H-pyrrole nitrogens is 1. The molecule has 0 fully saturated rings. The zero-order valence-corrected chi connectivity index (χ0v) is 10.9. The van der Waals surface area contributed by atoms with Crippen LogP contribution in [0.4, 0.5) is 0 Å². The number of hydrogen-bond acceptors (Lipinski definition) is 5. The molecule has 0 bridgehead atoms. The highest BCUT2D eigenvalue weighted by atomic mass is 32.1. The van der Waals surface area contributed by atoms with Crippen molar-refractivity contribution in [1.82, 2.24) is 15.3 Å². The van der Waals surface area contributed by atoms with Crippen molar-refractivity contribution in [2.45, 2.75) is 19.0 Å². The number of nitrogens with zero attached hydrogens (tertiary/aromatic N) is 1. The average molecular weight is 265 g/mol. The van der Waals surface area contributed by atoms with E-state index in [1.165, 1.54) is 7.11 Å². The molecule has 18 heavy (non-hydrogen) atoms. The van der Waals surface area contributed by atoms with Gasteiger partial charge >= 0.3 is 5.97 Å². The van der Waals surface area contributed by atoms with Gasteiger partial charge in [0.1, 0.15) is 5.82 Å². The Morgan fingerprint density at radius 2 is 2.56 bits per heavy atom. The van der Waals surface area contributed by atoms with Crippen LogP contribution in [0, 0.1) is 0 Å². The van der Waals surface area contributed by atoms with Crippen molar-refractivity contribution in [2.75, 3.05) is 7.11 Å². The van der Waals surface area contributed by atoms with E-state index in [-0.39, 0.29) is 12.0 Å². The zero-order valence-electron chi connectivity index (χ0n) is 10.1. The monoisotopic (exact) mass is 265 g/mol. The second-order valence-corrected chi connectivity index (χ2v) is 4.74. The van der Waals surface area contributed by atoms with E-state index < -0.39 is 0 Å². The summed E-state index contributed by atoms with van der Waals surface area (Å²) >= 11 is 1.62. The third-order valence-electron chi connectivity index (χ3n) is 2.56. The van der Waals surface area contributed by atoms with Crippen LogP contribution in [0.5, 0.6) is 0 Å². The molecule has 1 unspecified atom stereocenters. The molecule has 0 saturated heterocycles. The van der Waals surface area contributed by atoms with Crippen LogP contribution in [0.2, 0.25) is 0 Å². The number of aromatic amines is 1. The van der Waals surface area contributed by atoms with Crippen molar-refractivity contribution in [3.05, 3.63) is 40.6 Å². The van der Waals surface area contributed by atoms with Crippen LogP contribution in [-0.4, -0.2) is 23.0 Å². The first-order valence-corrected chi connectivity index (χ1v) is 6.49. The molecular weight excluding hydrogens is 250 g/mol. The summed E-state index contributed by atoms with van der Waals surface area (Å²) in [5.41, 5.74) is 0. The van der Waals surface area contributed by atoms with Crippen molar-refractivity contribution >= 4 is 17.3 Å². The molecule has 0 aliphatic carbocycles. The van der Waals surface area contributed by atoms with E-state index in [1.54, 1.807) is 23.7 Å². The average Bonchev–Trinajstić information content (AvgIpc) is 3.06. The quantitative estimate of drug-likeness (QED) is 0.782. The molecule has 96 valence electrons. The number of ether oxygens (including phenoxy) is 1. The van der Waals surface area contributed by atoms with Gasteiger partial charge in [0.15, 0.2) is 0 Å². The zero-order chi connectivity index (χ0) is 12.8. The van der Waals surface area contributed by atoms with Gasteiger partial charge in [-0.1, -0.05) is 6.07 Å². The van der Waals surface area contributed by atoms with Gasteiger partial charge in [0.05, 0.1) is 26.1 Å². The highest BCUT2D eigenvalue weighted by Crippen LogP contribution is 2.22. The lowest BCUT2D eigenvalue weighted by Crippen LogP contribution is -2.23. The SMILES string of the molecule is COC(=O)CC(NCc1ncc[nH]1)c1cccs1. The predicted octanol–water partition coefficient (Wildman–Crippen LogP) is 1.87. The van der Waals surface area contributed by atoms with Gasteiger partial charge in [-0.15, -0.1) is 11.3 Å². The maximum Gasteiger partial charge on any atom is 0.307 e. The first kappa shape index (κ1) is 12.8. The Hall–Kier alpha value is -1.66. The minimum Gasteiger partial charge on any atom is -0.469 e. The fourth-order valence-corrected chi connectivity index (χ4v) is 2.43. The van der Waals surface area contributed by atoms with Gasteiger partial charge in [-0.3, -0.25) is 4.79 Å². The summed E-state index contributed by atoms with van der Waals surface area (Å²) in [5.74, 6) is 0.627. The van der Waals surface area contributed by atoms with Gasteiger partial charge in [-0.25, -0.2) is 4.98 Å². The first-order valence-electron chi connectivity index (χ1n) is 5.61. The lowest BCUT2D eigenvalue weighted by atomic mass is 10.1. The van der Waals surface area contributed by atoms with E-state index in [4.69, 9.17) is 4.74 Å². The summed E-state index contributed by atoms with van der Waals surface area (Å²) in [6.07, 6.45) is 3.80. The van der Waals surface area contributed by atoms with Crippen molar-refractivity contribution in [3.8, 4) is 0 Å². The van der Waals surface area contributed by atoms with Crippen LogP contribution in [0.1, 0.15) is 23.2 Å². The largest absolute Gasteiger partial charge is 0.469 e. The molecule has 2 N–H and O–H groups in total. The number of rotatable bonds is 6. The highest BCUT2D eigenvalue weighted by Gasteiger charge is 2.17. The molecule has 0 spiro atoms. The van der Waals surface area contributed by atoms with Crippen molar-refractivity contribution in [1.29, 1.82) is 0 Å². The Morgan fingerprint density at radius 1 is 1.67 bits per heavy atom. The standard InChI is InChI=1S/C12H15N3O2S/c1-17-12(16)7-9(10-3-2-6-18-10)15-8-11-13-4-5-14-11/h2-6,9,15H,7-8H2,1H3,(H,13,14). The van der Waals surface area contributed by atoms with E-state index in [9.17, 15) is 4.79 Å². The third kappa shape index (κ3) is 3.41. The number of aromatic nitrogens is 2. The first-order chi connectivity index (χ1) is 8.79. The molecule has 5 nitrogen and oxygen atoms in total. The lowest BCUT2D eigenvalue weighted by Gasteiger charge is -2.15. The van der Waals surface area contributed by atoms with Crippen molar-refractivity contribution < 1.29 is 9.53 Å². The van der Waals surface area contributed by atoms with Gasteiger partial charge < -0.3 is 15.0 Å². The second kappa shape index (κ2) is 6.32. The lowest BCUT2D eigenvalue weighted by molar-refractivity contribution is -0.141. The normalized spacial score (nSPS) is 12.3. The van der Waals surface area contributed by atoms with Crippen LogP contribution in [-0.2, 0) is 16.1 Å². The third-order valence-corrected chi connectivity index (χ3v) is 3.54. The molecule has 0 aliphatic heterocycles. The molecule has 0 radical (unpaired) electrons. The maximum atomic E-state index is 11.4. The molecule has 0 saturated carbocycles. The van der Waals surface area contributed by atoms with Crippen molar-refractivity contribution in [2.24, 2.45) is 0 Å².